The zero-order chi connectivity index (χ0) is 20.8. The summed E-state index contributed by atoms with van der Waals surface area (Å²) >= 11 is 2.76. The molecule has 0 saturated heterocycles. The van der Waals surface area contributed by atoms with Gasteiger partial charge in [-0.25, -0.2) is 9.97 Å². The lowest BCUT2D eigenvalue weighted by atomic mass is 10.3. The number of hydrogen-bond acceptors (Lipinski definition) is 9. The van der Waals surface area contributed by atoms with Crippen LogP contribution >= 0.6 is 23.5 Å². The Morgan fingerprint density at radius 1 is 1.03 bits per heavy atom. The largest absolute Gasteiger partial charge is 0.497 e. The van der Waals surface area contributed by atoms with Crippen LogP contribution in [0.5, 0.6) is 5.75 Å². The molecule has 0 saturated carbocycles. The first-order chi connectivity index (χ1) is 14.0. The van der Waals surface area contributed by atoms with Gasteiger partial charge in [-0.15, -0.1) is 10.2 Å². The van der Waals surface area contributed by atoms with Crippen LogP contribution in [0.25, 0.3) is 5.69 Å². The average molecular weight is 432 g/mol. The second kappa shape index (κ2) is 9.75. The Kier molecular flexibility index (Phi) is 7.10. The maximum absolute atomic E-state index is 11.6. The van der Waals surface area contributed by atoms with Gasteiger partial charge >= 0.3 is 5.97 Å². The van der Waals surface area contributed by atoms with Crippen LogP contribution < -0.4 is 4.74 Å². The van der Waals surface area contributed by atoms with Crippen molar-refractivity contribution in [3.8, 4) is 11.4 Å². The Morgan fingerprint density at radius 3 is 2.34 bits per heavy atom. The summed E-state index contributed by atoms with van der Waals surface area (Å²) < 4.78 is 11.9. The molecule has 10 heteroatoms. The highest BCUT2D eigenvalue weighted by molar-refractivity contribution is 7.99. The first-order valence-corrected chi connectivity index (χ1v) is 10.7. The number of thioether (sulfide) groups is 2. The molecule has 0 bridgehead atoms. The Hall–Kier alpha value is -2.59. The number of esters is 1. The lowest BCUT2D eigenvalue weighted by molar-refractivity contribution is -0.137. The van der Waals surface area contributed by atoms with Gasteiger partial charge in [0.05, 0.1) is 25.7 Å². The van der Waals surface area contributed by atoms with Crippen LogP contribution in [0.4, 0.5) is 0 Å². The van der Waals surface area contributed by atoms with Crippen LogP contribution in [-0.2, 0) is 15.3 Å². The molecule has 152 valence electrons. The number of carbonyl (C=O) groups is 1. The van der Waals surface area contributed by atoms with E-state index >= 15 is 0 Å². The van der Waals surface area contributed by atoms with E-state index < -0.39 is 0 Å². The zero-order valence-corrected chi connectivity index (χ0v) is 18.2. The van der Waals surface area contributed by atoms with Crippen molar-refractivity contribution in [1.82, 2.24) is 24.7 Å². The molecule has 2 aromatic heterocycles. The van der Waals surface area contributed by atoms with Crippen molar-refractivity contribution in [2.75, 3.05) is 20.0 Å². The van der Waals surface area contributed by atoms with E-state index in [9.17, 15) is 4.79 Å². The average Bonchev–Trinajstić information content (AvgIpc) is 3.12. The van der Waals surface area contributed by atoms with Crippen LogP contribution in [0.15, 0.2) is 40.6 Å². The summed E-state index contributed by atoms with van der Waals surface area (Å²) in [6, 6.07) is 9.52. The van der Waals surface area contributed by atoms with E-state index in [2.05, 4.69) is 20.2 Å². The van der Waals surface area contributed by atoms with Gasteiger partial charge in [0.25, 0.3) is 0 Å². The molecule has 0 fully saturated rings. The molecular weight excluding hydrogens is 410 g/mol. The van der Waals surface area contributed by atoms with Crippen LogP contribution in [0.2, 0.25) is 0 Å². The van der Waals surface area contributed by atoms with Gasteiger partial charge in [-0.1, -0.05) is 23.5 Å². The van der Waals surface area contributed by atoms with E-state index in [0.29, 0.717) is 16.1 Å². The van der Waals surface area contributed by atoms with Gasteiger partial charge in [0.1, 0.15) is 11.6 Å². The van der Waals surface area contributed by atoms with Gasteiger partial charge in [0.15, 0.2) is 10.3 Å². The second-order valence-corrected chi connectivity index (χ2v) is 7.90. The van der Waals surface area contributed by atoms with E-state index in [1.807, 2.05) is 48.7 Å². The number of benzene rings is 1. The summed E-state index contributed by atoms with van der Waals surface area (Å²) in [7, 11) is 2.99. The topological polar surface area (TPSA) is 92.0 Å². The van der Waals surface area contributed by atoms with Gasteiger partial charge in [0.2, 0.25) is 0 Å². The molecule has 2 heterocycles. The highest BCUT2D eigenvalue weighted by atomic mass is 32.2. The Balaban J connectivity index is 1.88. The number of aromatic nitrogens is 5. The number of rotatable bonds is 8. The smallest absolute Gasteiger partial charge is 0.316 e. The normalized spacial score (nSPS) is 10.8. The quantitative estimate of drug-likeness (QED) is 0.303. The molecule has 0 radical (unpaired) electrons. The number of methoxy groups -OCH3 is 2. The predicted octanol–water partition coefficient (Wildman–Crippen LogP) is 3.24. The Labute approximate surface area is 177 Å². The predicted molar refractivity (Wildman–Crippen MR) is 112 cm³/mol. The second-order valence-electron chi connectivity index (χ2n) is 6.02. The summed E-state index contributed by atoms with van der Waals surface area (Å²) in [4.78, 5) is 20.5. The number of nitrogens with zero attached hydrogens (tertiary/aromatic N) is 5. The number of aryl methyl sites for hydroxylation is 2. The van der Waals surface area contributed by atoms with Crippen molar-refractivity contribution in [2.24, 2.45) is 0 Å². The van der Waals surface area contributed by atoms with Gasteiger partial charge in [-0.3, -0.25) is 9.36 Å². The maximum atomic E-state index is 11.6. The molecule has 3 rings (SSSR count). The van der Waals surface area contributed by atoms with Crippen molar-refractivity contribution >= 4 is 29.5 Å². The first-order valence-electron chi connectivity index (χ1n) is 8.73. The van der Waals surface area contributed by atoms with Gasteiger partial charge in [-0.2, -0.15) is 0 Å². The molecule has 0 aliphatic rings. The van der Waals surface area contributed by atoms with Crippen molar-refractivity contribution in [2.45, 2.75) is 29.9 Å². The minimum absolute atomic E-state index is 0.151. The zero-order valence-electron chi connectivity index (χ0n) is 16.6. The highest BCUT2D eigenvalue weighted by Gasteiger charge is 2.17. The van der Waals surface area contributed by atoms with Crippen molar-refractivity contribution < 1.29 is 14.3 Å². The molecule has 0 atom stereocenters. The lowest BCUT2D eigenvalue weighted by Crippen LogP contribution is -2.06. The van der Waals surface area contributed by atoms with Crippen LogP contribution in [0, 0.1) is 13.8 Å². The molecule has 0 aliphatic carbocycles. The highest BCUT2D eigenvalue weighted by Crippen LogP contribution is 2.27. The molecule has 0 unspecified atom stereocenters. The molecule has 0 amide bonds. The lowest BCUT2D eigenvalue weighted by Gasteiger charge is -2.11. The van der Waals surface area contributed by atoms with Crippen LogP contribution in [0.1, 0.15) is 17.2 Å². The van der Waals surface area contributed by atoms with Crippen molar-refractivity contribution in [3.05, 3.63) is 47.5 Å². The summed E-state index contributed by atoms with van der Waals surface area (Å²) in [6.07, 6.45) is 0. The van der Waals surface area contributed by atoms with Crippen molar-refractivity contribution in [1.29, 1.82) is 0 Å². The third kappa shape index (κ3) is 5.48. The SMILES string of the molecule is COC(=O)CSc1nnc(CSc2nc(C)cc(C)n2)n1-c1ccc(OC)cc1. The van der Waals surface area contributed by atoms with E-state index in [1.54, 1.807) is 7.11 Å². The molecule has 8 nitrogen and oxygen atoms in total. The summed E-state index contributed by atoms with van der Waals surface area (Å²) in [6.45, 7) is 3.89. The Bertz CT molecular complexity index is 972. The fourth-order valence-corrected chi connectivity index (χ4v) is 4.21. The number of carbonyl (C=O) groups excluding carboxylic acids is 1. The Morgan fingerprint density at radius 2 is 1.72 bits per heavy atom. The molecule has 1 aromatic carbocycles. The van der Waals surface area contributed by atoms with E-state index in [-0.39, 0.29) is 11.7 Å². The van der Waals surface area contributed by atoms with E-state index in [0.717, 1.165) is 28.6 Å². The minimum Gasteiger partial charge on any atom is -0.497 e. The standard InChI is InChI=1S/C19H21N5O3S2/c1-12-9-13(2)21-18(20-12)28-10-16-22-23-19(29-11-17(25)27-4)24(16)14-5-7-15(26-3)8-6-14/h5-9H,10-11H2,1-4H3. The minimum atomic E-state index is -0.321. The summed E-state index contributed by atoms with van der Waals surface area (Å²) in [5, 5.41) is 9.90. The van der Waals surface area contributed by atoms with Crippen molar-refractivity contribution in [3.63, 3.8) is 0 Å². The monoisotopic (exact) mass is 431 g/mol. The van der Waals surface area contributed by atoms with Crippen LogP contribution in [0.3, 0.4) is 0 Å². The summed E-state index contributed by atoms with van der Waals surface area (Å²) in [5.41, 5.74) is 2.72. The van der Waals surface area contributed by atoms with Gasteiger partial charge < -0.3 is 9.47 Å². The van der Waals surface area contributed by atoms with Crippen LogP contribution in [-0.4, -0.2) is 50.7 Å². The van der Waals surface area contributed by atoms with E-state index in [4.69, 9.17) is 9.47 Å². The maximum Gasteiger partial charge on any atom is 0.316 e. The molecule has 0 N–H and O–H groups in total. The molecule has 29 heavy (non-hydrogen) atoms. The van der Waals surface area contributed by atoms with E-state index in [1.165, 1.54) is 30.6 Å². The third-order valence-corrected chi connectivity index (χ3v) is 5.62. The first kappa shape index (κ1) is 21.1. The van der Waals surface area contributed by atoms with Gasteiger partial charge in [0, 0.05) is 17.1 Å². The fourth-order valence-electron chi connectivity index (χ4n) is 2.55. The molecule has 0 aliphatic heterocycles. The summed E-state index contributed by atoms with van der Waals surface area (Å²) in [5.74, 6) is 1.85. The number of ether oxygens (including phenoxy) is 2. The number of hydrogen-bond donors (Lipinski definition) is 0. The fraction of sp³-hybridized carbons (Fsp3) is 0.316. The molecular formula is C19H21N5O3S2. The molecule has 0 spiro atoms. The third-order valence-electron chi connectivity index (χ3n) is 3.87. The van der Waals surface area contributed by atoms with Gasteiger partial charge in [-0.05, 0) is 44.2 Å². The molecule has 3 aromatic rings.